The van der Waals surface area contributed by atoms with Crippen LogP contribution in [0.4, 0.5) is 0 Å². The first-order chi connectivity index (χ1) is 9.66. The van der Waals surface area contributed by atoms with Crippen LogP contribution < -0.4 is 5.56 Å². The summed E-state index contributed by atoms with van der Waals surface area (Å²) in [4.78, 5) is 24.4. The Morgan fingerprint density at radius 3 is 2.85 bits per heavy atom. The molecule has 1 fully saturated rings. The lowest BCUT2D eigenvalue weighted by atomic mass is 9.86. The molecule has 1 saturated carbocycles. The van der Waals surface area contributed by atoms with Crippen LogP contribution in [0.25, 0.3) is 11.0 Å². The van der Waals surface area contributed by atoms with E-state index in [9.17, 15) is 9.59 Å². The molecule has 0 N–H and O–H groups in total. The molecule has 7 heteroatoms. The van der Waals surface area contributed by atoms with Crippen molar-refractivity contribution in [2.45, 2.75) is 38.6 Å². The van der Waals surface area contributed by atoms with E-state index >= 15 is 0 Å². The molecular weight excluding hydrogens is 258 g/mol. The Labute approximate surface area is 115 Å². The fraction of sp³-hybridized carbons (Fsp3) is 0.615. The average molecular weight is 275 g/mol. The Morgan fingerprint density at radius 1 is 1.35 bits per heavy atom. The maximum atomic E-state index is 12.2. The second-order valence-corrected chi connectivity index (χ2v) is 5.36. The first-order valence-corrected chi connectivity index (χ1v) is 6.95. The number of fused-ring (bicyclic) bond motifs is 1. The average Bonchev–Trinajstić information content (AvgIpc) is 2.85. The van der Waals surface area contributed by atoms with Gasteiger partial charge in [-0.15, -0.1) is 5.10 Å². The van der Waals surface area contributed by atoms with Crippen molar-refractivity contribution in [2.75, 3.05) is 0 Å². The maximum Gasteiger partial charge on any atom is 0.281 e. The molecule has 0 aromatic carbocycles. The summed E-state index contributed by atoms with van der Waals surface area (Å²) in [5.74, 6) is 0.159. The molecule has 3 rings (SSSR count). The summed E-state index contributed by atoms with van der Waals surface area (Å²) in [5.41, 5.74) is 0.142. The van der Waals surface area contributed by atoms with Crippen LogP contribution in [0, 0.1) is 5.92 Å². The van der Waals surface area contributed by atoms with Gasteiger partial charge in [-0.25, -0.2) is 9.36 Å². The number of rotatable bonds is 3. The van der Waals surface area contributed by atoms with E-state index in [0.717, 1.165) is 30.4 Å². The zero-order valence-corrected chi connectivity index (χ0v) is 11.4. The van der Waals surface area contributed by atoms with Crippen LogP contribution in [-0.2, 0) is 18.4 Å². The zero-order valence-electron chi connectivity index (χ0n) is 11.4. The molecule has 0 aliphatic heterocycles. The van der Waals surface area contributed by atoms with Gasteiger partial charge in [0, 0.05) is 13.0 Å². The molecule has 1 aliphatic carbocycles. The maximum absolute atomic E-state index is 12.2. The highest BCUT2D eigenvalue weighted by atomic mass is 16.1. The third kappa shape index (κ3) is 2.23. The minimum Gasteiger partial charge on any atom is -0.297 e. The monoisotopic (exact) mass is 275 g/mol. The number of nitrogens with zero attached hydrogens (tertiary/aromatic N) is 5. The standard InChI is InChI=1S/C13H17N5O2/c1-17-12-10(7-14-17)13(20)18(16-15-12)8-11(19)9-5-3-2-4-6-9/h7,9H,2-6,8H2,1H3. The Hall–Kier alpha value is -2.05. The largest absolute Gasteiger partial charge is 0.297 e. The molecule has 20 heavy (non-hydrogen) atoms. The molecule has 7 nitrogen and oxygen atoms in total. The predicted octanol–water partition coefficient (Wildman–Crippen LogP) is 0.674. The second-order valence-electron chi connectivity index (χ2n) is 5.36. The van der Waals surface area contributed by atoms with Crippen molar-refractivity contribution in [3.8, 4) is 0 Å². The van der Waals surface area contributed by atoms with Crippen molar-refractivity contribution >= 4 is 16.8 Å². The number of carbonyl (C=O) groups is 1. The Morgan fingerprint density at radius 2 is 2.10 bits per heavy atom. The van der Waals surface area contributed by atoms with E-state index < -0.39 is 0 Å². The van der Waals surface area contributed by atoms with E-state index in [4.69, 9.17) is 0 Å². The van der Waals surface area contributed by atoms with Crippen LogP contribution in [0.5, 0.6) is 0 Å². The van der Waals surface area contributed by atoms with E-state index in [1.54, 1.807) is 7.05 Å². The number of ketones is 1. The number of aryl methyl sites for hydroxylation is 1. The summed E-state index contributed by atoms with van der Waals surface area (Å²) in [7, 11) is 1.70. The molecule has 0 spiro atoms. The van der Waals surface area contributed by atoms with E-state index in [2.05, 4.69) is 15.4 Å². The van der Waals surface area contributed by atoms with E-state index in [1.807, 2.05) is 0 Å². The van der Waals surface area contributed by atoms with Gasteiger partial charge in [0.25, 0.3) is 5.56 Å². The lowest BCUT2D eigenvalue weighted by Crippen LogP contribution is -2.31. The van der Waals surface area contributed by atoms with Gasteiger partial charge in [0.05, 0.1) is 6.20 Å². The fourth-order valence-electron chi connectivity index (χ4n) is 2.78. The fourth-order valence-corrected chi connectivity index (χ4v) is 2.78. The predicted molar refractivity (Wildman–Crippen MR) is 72.1 cm³/mol. The van der Waals surface area contributed by atoms with Crippen LogP contribution in [0.15, 0.2) is 11.0 Å². The molecule has 1 aliphatic rings. The van der Waals surface area contributed by atoms with Crippen molar-refractivity contribution in [1.29, 1.82) is 0 Å². The highest BCUT2D eigenvalue weighted by molar-refractivity contribution is 5.81. The van der Waals surface area contributed by atoms with Gasteiger partial charge in [-0.1, -0.05) is 24.5 Å². The lowest BCUT2D eigenvalue weighted by Gasteiger charge is -2.20. The van der Waals surface area contributed by atoms with Gasteiger partial charge in [0.2, 0.25) is 0 Å². The first kappa shape index (κ1) is 13.0. The molecule has 0 atom stereocenters. The molecule has 0 radical (unpaired) electrons. The van der Waals surface area contributed by atoms with Crippen LogP contribution in [0.3, 0.4) is 0 Å². The van der Waals surface area contributed by atoms with Crippen LogP contribution in [-0.4, -0.2) is 30.6 Å². The van der Waals surface area contributed by atoms with Gasteiger partial charge in [-0.3, -0.25) is 9.59 Å². The zero-order chi connectivity index (χ0) is 14.1. The van der Waals surface area contributed by atoms with Gasteiger partial charge in [-0.05, 0) is 12.8 Å². The molecule has 0 amide bonds. The topological polar surface area (TPSA) is 82.7 Å². The van der Waals surface area contributed by atoms with E-state index in [-0.39, 0.29) is 23.8 Å². The van der Waals surface area contributed by atoms with E-state index in [0.29, 0.717) is 11.0 Å². The van der Waals surface area contributed by atoms with Gasteiger partial charge < -0.3 is 0 Å². The molecule has 2 aromatic rings. The minimum atomic E-state index is -0.299. The van der Waals surface area contributed by atoms with Crippen LogP contribution >= 0.6 is 0 Å². The molecular formula is C13H17N5O2. The van der Waals surface area contributed by atoms with Crippen molar-refractivity contribution in [1.82, 2.24) is 24.8 Å². The lowest BCUT2D eigenvalue weighted by molar-refractivity contribution is -0.124. The number of Topliss-reactive ketones (excluding diaryl/α,β-unsaturated/α-hetero) is 1. The summed E-state index contributed by atoms with van der Waals surface area (Å²) in [6.45, 7) is 0.0152. The highest BCUT2D eigenvalue weighted by Gasteiger charge is 2.22. The minimum absolute atomic E-state index is 0.0152. The van der Waals surface area contributed by atoms with Crippen LogP contribution in [0.1, 0.15) is 32.1 Å². The number of hydrogen-bond acceptors (Lipinski definition) is 5. The van der Waals surface area contributed by atoms with Gasteiger partial charge in [-0.2, -0.15) is 5.10 Å². The molecule has 0 saturated heterocycles. The quantitative estimate of drug-likeness (QED) is 0.822. The third-order valence-electron chi connectivity index (χ3n) is 3.99. The Bertz CT molecular complexity index is 696. The molecule has 2 heterocycles. The first-order valence-electron chi connectivity index (χ1n) is 6.95. The summed E-state index contributed by atoms with van der Waals surface area (Å²) >= 11 is 0. The van der Waals surface area contributed by atoms with Crippen molar-refractivity contribution in [3.63, 3.8) is 0 Å². The number of hydrogen-bond donors (Lipinski definition) is 0. The molecule has 2 aromatic heterocycles. The van der Waals surface area contributed by atoms with Gasteiger partial charge in [0.1, 0.15) is 11.9 Å². The summed E-state index contributed by atoms with van der Waals surface area (Å²) < 4.78 is 2.65. The molecule has 0 bridgehead atoms. The summed E-state index contributed by atoms with van der Waals surface area (Å²) in [6, 6.07) is 0. The highest BCUT2D eigenvalue weighted by Crippen LogP contribution is 2.24. The number of carbonyl (C=O) groups excluding carboxylic acids is 1. The Kier molecular flexibility index (Phi) is 3.33. The van der Waals surface area contributed by atoms with Crippen molar-refractivity contribution < 1.29 is 4.79 Å². The van der Waals surface area contributed by atoms with Crippen molar-refractivity contribution in [2.24, 2.45) is 13.0 Å². The molecule has 106 valence electrons. The SMILES string of the molecule is Cn1ncc2c(=O)n(CC(=O)C3CCCCC3)nnc21. The second kappa shape index (κ2) is 5.15. The van der Waals surface area contributed by atoms with Crippen molar-refractivity contribution in [3.05, 3.63) is 16.6 Å². The number of aromatic nitrogens is 5. The van der Waals surface area contributed by atoms with Crippen LogP contribution in [0.2, 0.25) is 0 Å². The molecule has 0 unspecified atom stereocenters. The van der Waals surface area contributed by atoms with Gasteiger partial charge >= 0.3 is 0 Å². The summed E-state index contributed by atoms with van der Waals surface area (Å²) in [6.07, 6.45) is 6.71. The normalized spacial score (nSPS) is 16.6. The van der Waals surface area contributed by atoms with E-state index in [1.165, 1.54) is 17.3 Å². The Balaban J connectivity index is 1.85. The van der Waals surface area contributed by atoms with Gasteiger partial charge in [0.15, 0.2) is 11.4 Å². The third-order valence-corrected chi connectivity index (χ3v) is 3.99. The smallest absolute Gasteiger partial charge is 0.281 e. The summed E-state index contributed by atoms with van der Waals surface area (Å²) in [5, 5.41) is 12.2.